The van der Waals surface area contributed by atoms with Gasteiger partial charge in [-0.1, -0.05) is 6.92 Å². The SMILES string of the molecule is CCc1cnccc1C(=O)N1CC[C@H](N(C)Cc2cc(=O)[nH]c(N(C)C)n2)C1. The Morgan fingerprint density at radius 3 is 2.86 bits per heavy atom. The molecule has 28 heavy (non-hydrogen) atoms. The predicted molar refractivity (Wildman–Crippen MR) is 109 cm³/mol. The molecular weight excluding hydrogens is 356 g/mol. The zero-order valence-electron chi connectivity index (χ0n) is 17.0. The lowest BCUT2D eigenvalue weighted by Gasteiger charge is -2.25. The van der Waals surface area contributed by atoms with E-state index in [4.69, 9.17) is 0 Å². The summed E-state index contributed by atoms with van der Waals surface area (Å²) in [6.45, 7) is 3.99. The molecule has 1 fully saturated rings. The van der Waals surface area contributed by atoms with Crippen LogP contribution in [0.1, 0.15) is 35.0 Å². The van der Waals surface area contributed by atoms with Gasteiger partial charge in [-0.2, -0.15) is 0 Å². The number of likely N-dealkylation sites (tertiary alicyclic amines) is 1. The van der Waals surface area contributed by atoms with Gasteiger partial charge in [0, 0.05) is 63.8 Å². The van der Waals surface area contributed by atoms with Crippen LogP contribution in [0.4, 0.5) is 5.95 Å². The summed E-state index contributed by atoms with van der Waals surface area (Å²) in [5, 5.41) is 0. The average Bonchev–Trinajstić information content (AvgIpc) is 3.17. The zero-order valence-corrected chi connectivity index (χ0v) is 17.0. The highest BCUT2D eigenvalue weighted by Crippen LogP contribution is 2.20. The number of amides is 1. The molecule has 0 aromatic carbocycles. The van der Waals surface area contributed by atoms with Crippen LogP contribution >= 0.6 is 0 Å². The minimum atomic E-state index is -0.157. The highest BCUT2D eigenvalue weighted by molar-refractivity contribution is 5.95. The summed E-state index contributed by atoms with van der Waals surface area (Å²) in [5.41, 5.74) is 2.29. The Hall–Kier alpha value is -2.74. The summed E-state index contributed by atoms with van der Waals surface area (Å²) in [7, 11) is 5.70. The Morgan fingerprint density at radius 2 is 2.14 bits per heavy atom. The molecule has 1 saturated heterocycles. The van der Waals surface area contributed by atoms with Gasteiger partial charge in [0.05, 0.1) is 5.69 Å². The molecule has 0 spiro atoms. The van der Waals surface area contributed by atoms with E-state index in [9.17, 15) is 9.59 Å². The number of likely N-dealkylation sites (N-methyl/N-ethyl adjacent to an activating group) is 1. The van der Waals surface area contributed by atoms with E-state index in [-0.39, 0.29) is 17.5 Å². The number of pyridine rings is 1. The number of H-pyrrole nitrogens is 1. The van der Waals surface area contributed by atoms with Crippen molar-refractivity contribution in [2.45, 2.75) is 32.4 Å². The molecule has 2 aromatic rings. The summed E-state index contributed by atoms with van der Waals surface area (Å²) in [5.74, 6) is 0.614. The van der Waals surface area contributed by atoms with Gasteiger partial charge in [-0.05, 0) is 31.5 Å². The first-order chi connectivity index (χ1) is 13.4. The largest absolute Gasteiger partial charge is 0.348 e. The van der Waals surface area contributed by atoms with Gasteiger partial charge in [-0.25, -0.2) is 4.98 Å². The second-order valence-electron chi connectivity index (χ2n) is 7.45. The van der Waals surface area contributed by atoms with Crippen molar-refractivity contribution in [2.75, 3.05) is 39.1 Å². The van der Waals surface area contributed by atoms with Crippen molar-refractivity contribution in [3.05, 3.63) is 51.7 Å². The van der Waals surface area contributed by atoms with Crippen LogP contribution < -0.4 is 10.5 Å². The third-order valence-corrected chi connectivity index (χ3v) is 5.21. The van der Waals surface area contributed by atoms with E-state index < -0.39 is 0 Å². The standard InChI is InChI=1S/C20H28N6O2/c1-5-14-11-21-8-6-17(14)19(28)26-9-7-16(13-26)25(4)12-15-10-18(27)23-20(22-15)24(2)3/h6,8,10-11,16H,5,7,9,12-13H2,1-4H3,(H,22,23,27)/t16-/m0/s1. The second-order valence-corrected chi connectivity index (χ2v) is 7.45. The molecule has 0 unspecified atom stereocenters. The number of aromatic amines is 1. The summed E-state index contributed by atoms with van der Waals surface area (Å²) in [6.07, 6.45) is 5.13. The number of rotatable bonds is 6. The first-order valence-corrected chi connectivity index (χ1v) is 9.59. The number of nitrogens with zero attached hydrogens (tertiary/aromatic N) is 5. The van der Waals surface area contributed by atoms with Gasteiger partial charge in [0.15, 0.2) is 0 Å². The molecule has 2 aromatic heterocycles. The van der Waals surface area contributed by atoms with Gasteiger partial charge < -0.3 is 9.80 Å². The molecule has 3 rings (SSSR count). The molecule has 1 atom stereocenters. The summed E-state index contributed by atoms with van der Waals surface area (Å²) in [6, 6.07) is 3.58. The number of anilines is 1. The lowest BCUT2D eigenvalue weighted by Crippen LogP contribution is -2.37. The van der Waals surface area contributed by atoms with E-state index >= 15 is 0 Å². The summed E-state index contributed by atoms with van der Waals surface area (Å²) in [4.78, 5) is 42.0. The smallest absolute Gasteiger partial charge is 0.254 e. The number of nitrogens with one attached hydrogen (secondary N) is 1. The minimum absolute atomic E-state index is 0.0688. The molecule has 8 heteroatoms. The van der Waals surface area contributed by atoms with Crippen LogP contribution in [0.2, 0.25) is 0 Å². The molecule has 3 heterocycles. The molecule has 0 saturated carbocycles. The average molecular weight is 384 g/mol. The summed E-state index contributed by atoms with van der Waals surface area (Å²) < 4.78 is 0. The fourth-order valence-electron chi connectivity index (χ4n) is 3.55. The van der Waals surface area contributed by atoms with Crippen molar-refractivity contribution in [3.63, 3.8) is 0 Å². The van der Waals surface area contributed by atoms with Crippen LogP contribution in [0, 0.1) is 0 Å². The van der Waals surface area contributed by atoms with Crippen molar-refractivity contribution >= 4 is 11.9 Å². The van der Waals surface area contributed by atoms with Crippen molar-refractivity contribution in [2.24, 2.45) is 0 Å². The third kappa shape index (κ3) is 4.39. The van der Waals surface area contributed by atoms with Gasteiger partial charge in [-0.3, -0.25) is 24.5 Å². The van der Waals surface area contributed by atoms with Crippen LogP contribution in [0.3, 0.4) is 0 Å². The highest BCUT2D eigenvalue weighted by atomic mass is 16.2. The molecule has 150 valence electrons. The van der Waals surface area contributed by atoms with Crippen molar-refractivity contribution in [3.8, 4) is 0 Å². The number of hydrogen-bond donors (Lipinski definition) is 1. The Bertz CT molecular complexity index is 894. The van der Waals surface area contributed by atoms with E-state index in [1.807, 2.05) is 33.0 Å². The van der Waals surface area contributed by atoms with E-state index in [0.29, 0.717) is 19.0 Å². The van der Waals surface area contributed by atoms with E-state index in [0.717, 1.165) is 36.2 Å². The van der Waals surface area contributed by atoms with Crippen LogP contribution in [0.25, 0.3) is 0 Å². The van der Waals surface area contributed by atoms with Crippen molar-refractivity contribution in [1.82, 2.24) is 24.8 Å². The van der Waals surface area contributed by atoms with Gasteiger partial charge in [-0.15, -0.1) is 0 Å². The monoisotopic (exact) mass is 384 g/mol. The fraction of sp³-hybridized carbons (Fsp3) is 0.500. The number of carbonyl (C=O) groups excluding carboxylic acids is 1. The van der Waals surface area contributed by atoms with Gasteiger partial charge in [0.25, 0.3) is 11.5 Å². The quantitative estimate of drug-likeness (QED) is 0.804. The topological polar surface area (TPSA) is 85.4 Å². The minimum Gasteiger partial charge on any atom is -0.348 e. The number of carbonyl (C=O) groups is 1. The molecule has 1 aliphatic heterocycles. The van der Waals surface area contributed by atoms with Gasteiger partial charge in [0.2, 0.25) is 5.95 Å². The molecule has 8 nitrogen and oxygen atoms in total. The molecule has 0 bridgehead atoms. The molecule has 1 amide bonds. The van der Waals surface area contributed by atoms with Crippen molar-refractivity contribution < 1.29 is 4.79 Å². The maximum atomic E-state index is 12.9. The van der Waals surface area contributed by atoms with Crippen LogP contribution in [-0.2, 0) is 13.0 Å². The van der Waals surface area contributed by atoms with Crippen LogP contribution in [0.15, 0.2) is 29.3 Å². The van der Waals surface area contributed by atoms with Crippen LogP contribution in [0.5, 0.6) is 0 Å². The number of aromatic nitrogens is 3. The second kappa shape index (κ2) is 8.52. The van der Waals surface area contributed by atoms with Crippen molar-refractivity contribution in [1.29, 1.82) is 0 Å². The van der Waals surface area contributed by atoms with Gasteiger partial charge in [0.1, 0.15) is 0 Å². The number of hydrogen-bond acceptors (Lipinski definition) is 6. The van der Waals surface area contributed by atoms with Crippen LogP contribution in [-0.4, -0.2) is 70.9 Å². The van der Waals surface area contributed by atoms with Gasteiger partial charge >= 0.3 is 0 Å². The highest BCUT2D eigenvalue weighted by Gasteiger charge is 2.30. The Morgan fingerprint density at radius 1 is 1.36 bits per heavy atom. The lowest BCUT2D eigenvalue weighted by molar-refractivity contribution is 0.0778. The van der Waals surface area contributed by atoms with E-state index in [1.54, 1.807) is 23.4 Å². The molecule has 0 aliphatic carbocycles. The molecule has 1 aliphatic rings. The predicted octanol–water partition coefficient (Wildman–Crippen LogP) is 1.14. The first kappa shape index (κ1) is 20.0. The lowest BCUT2D eigenvalue weighted by atomic mass is 10.1. The third-order valence-electron chi connectivity index (χ3n) is 5.21. The molecule has 0 radical (unpaired) electrons. The zero-order chi connectivity index (χ0) is 20.3. The molecule has 1 N–H and O–H groups in total. The normalized spacial score (nSPS) is 16.6. The Balaban J connectivity index is 1.67. The molecular formula is C20H28N6O2. The fourth-order valence-corrected chi connectivity index (χ4v) is 3.55. The summed E-state index contributed by atoms with van der Waals surface area (Å²) >= 11 is 0. The Kier molecular flexibility index (Phi) is 6.08. The Labute approximate surface area is 165 Å². The number of aryl methyl sites for hydroxylation is 1. The maximum Gasteiger partial charge on any atom is 0.254 e. The first-order valence-electron chi connectivity index (χ1n) is 9.59. The maximum absolute atomic E-state index is 12.9. The van der Waals surface area contributed by atoms with E-state index in [1.165, 1.54) is 6.07 Å². The van der Waals surface area contributed by atoms with E-state index in [2.05, 4.69) is 19.9 Å².